The minimum absolute atomic E-state index is 0.118. The largest absolute Gasteiger partial charge is 0.353 e. The van der Waals surface area contributed by atoms with E-state index in [0.717, 1.165) is 0 Å². The molecular formula is C17H24N6O2. The highest BCUT2D eigenvalue weighted by molar-refractivity contribution is 5.74. The van der Waals surface area contributed by atoms with Crippen molar-refractivity contribution in [2.24, 2.45) is 11.8 Å². The maximum Gasteiger partial charge on any atom is 0.353 e. The van der Waals surface area contributed by atoms with Gasteiger partial charge in [-0.2, -0.15) is 0 Å². The fourth-order valence-corrected chi connectivity index (χ4v) is 2.56. The van der Waals surface area contributed by atoms with Gasteiger partial charge in [-0.25, -0.2) is 9.97 Å². The zero-order valence-electron chi connectivity index (χ0n) is 15.0. The average molecular weight is 344 g/mol. The van der Waals surface area contributed by atoms with Gasteiger partial charge < -0.3 is 10.2 Å². The van der Waals surface area contributed by atoms with Crippen LogP contribution >= 0.6 is 0 Å². The molecule has 0 aliphatic rings. The van der Waals surface area contributed by atoms with Crippen LogP contribution in [0.5, 0.6) is 0 Å². The van der Waals surface area contributed by atoms with Crippen LogP contribution in [0.1, 0.15) is 27.7 Å². The van der Waals surface area contributed by atoms with Crippen molar-refractivity contribution in [1.82, 2.24) is 15.0 Å². The molecule has 0 bridgehead atoms. The molecular weight excluding hydrogens is 320 g/mol. The summed E-state index contributed by atoms with van der Waals surface area (Å²) in [4.78, 5) is 25.6. The molecule has 0 aromatic carbocycles. The monoisotopic (exact) mass is 344 g/mol. The van der Waals surface area contributed by atoms with Gasteiger partial charge in [0.2, 0.25) is 11.6 Å². The topological polar surface area (TPSA) is 97.1 Å². The Hall–Kier alpha value is -2.77. The van der Waals surface area contributed by atoms with Crippen molar-refractivity contribution >= 4 is 23.0 Å². The van der Waals surface area contributed by atoms with Crippen LogP contribution in [0, 0.1) is 22.0 Å². The van der Waals surface area contributed by atoms with Crippen LogP contribution in [0.25, 0.3) is 0 Å². The Morgan fingerprint density at radius 1 is 1.20 bits per heavy atom. The van der Waals surface area contributed by atoms with Crippen molar-refractivity contribution in [3.63, 3.8) is 0 Å². The van der Waals surface area contributed by atoms with Gasteiger partial charge >= 0.3 is 5.69 Å². The lowest BCUT2D eigenvalue weighted by Crippen LogP contribution is -2.32. The molecule has 0 aliphatic carbocycles. The summed E-state index contributed by atoms with van der Waals surface area (Å²) in [6.07, 6.45) is 4.58. The number of pyridine rings is 1. The Balaban J connectivity index is 2.45. The Morgan fingerprint density at radius 2 is 1.88 bits per heavy atom. The highest BCUT2D eigenvalue weighted by Crippen LogP contribution is 2.34. The summed E-state index contributed by atoms with van der Waals surface area (Å²) < 4.78 is 0. The maximum absolute atomic E-state index is 11.8. The zero-order valence-corrected chi connectivity index (χ0v) is 15.0. The lowest BCUT2D eigenvalue weighted by atomic mass is 10.1. The fourth-order valence-electron chi connectivity index (χ4n) is 2.56. The summed E-state index contributed by atoms with van der Waals surface area (Å²) >= 11 is 0. The summed E-state index contributed by atoms with van der Waals surface area (Å²) in [5.74, 6) is 1.21. The predicted molar refractivity (Wildman–Crippen MR) is 98.1 cm³/mol. The van der Waals surface area contributed by atoms with E-state index in [1.54, 1.807) is 24.5 Å². The molecule has 0 spiro atoms. The molecule has 0 aliphatic heterocycles. The zero-order chi connectivity index (χ0) is 18.4. The second kappa shape index (κ2) is 8.36. The number of aromatic nitrogens is 3. The third kappa shape index (κ3) is 5.10. The van der Waals surface area contributed by atoms with Gasteiger partial charge in [-0.3, -0.25) is 15.1 Å². The number of anilines is 3. The summed E-state index contributed by atoms with van der Waals surface area (Å²) in [6, 6.07) is 3.53. The van der Waals surface area contributed by atoms with Gasteiger partial charge in [-0.1, -0.05) is 27.7 Å². The van der Waals surface area contributed by atoms with Crippen LogP contribution < -0.4 is 10.2 Å². The molecule has 2 aromatic rings. The molecule has 134 valence electrons. The summed E-state index contributed by atoms with van der Waals surface area (Å²) in [5, 5.41) is 14.7. The van der Waals surface area contributed by atoms with Gasteiger partial charge in [0, 0.05) is 19.3 Å². The SMILES string of the molecule is CC(C)CN(CC(C)C)c1ncnc(Nc2cccnc2)c1[N+](=O)[O-]. The lowest BCUT2D eigenvalue weighted by molar-refractivity contribution is -0.383. The van der Waals surface area contributed by atoms with Gasteiger partial charge in [-0.05, 0) is 24.0 Å². The third-order valence-electron chi connectivity index (χ3n) is 3.38. The molecule has 25 heavy (non-hydrogen) atoms. The van der Waals surface area contributed by atoms with Crippen molar-refractivity contribution in [3.8, 4) is 0 Å². The minimum atomic E-state index is -0.429. The number of hydrogen-bond donors (Lipinski definition) is 1. The van der Waals surface area contributed by atoms with Crippen molar-refractivity contribution in [2.45, 2.75) is 27.7 Å². The lowest BCUT2D eigenvalue weighted by Gasteiger charge is -2.27. The van der Waals surface area contributed by atoms with Crippen LogP contribution in [0.4, 0.5) is 23.0 Å². The van der Waals surface area contributed by atoms with Crippen molar-refractivity contribution in [3.05, 3.63) is 41.0 Å². The maximum atomic E-state index is 11.8. The van der Waals surface area contributed by atoms with Crippen LogP contribution in [0.3, 0.4) is 0 Å². The predicted octanol–water partition coefficient (Wildman–Crippen LogP) is 3.64. The molecule has 2 rings (SSSR count). The van der Waals surface area contributed by atoms with Gasteiger partial charge in [0.15, 0.2) is 0 Å². The number of rotatable bonds is 8. The summed E-state index contributed by atoms with van der Waals surface area (Å²) in [5.41, 5.74) is 0.516. The summed E-state index contributed by atoms with van der Waals surface area (Å²) in [7, 11) is 0. The first-order valence-corrected chi connectivity index (χ1v) is 8.29. The first-order chi connectivity index (χ1) is 11.9. The Bertz CT molecular complexity index is 696. The molecule has 0 fully saturated rings. The van der Waals surface area contributed by atoms with Crippen LogP contribution in [0.2, 0.25) is 0 Å². The van der Waals surface area contributed by atoms with Gasteiger partial charge in [-0.15, -0.1) is 0 Å². The molecule has 8 heteroatoms. The molecule has 8 nitrogen and oxygen atoms in total. The minimum Gasteiger partial charge on any atom is -0.350 e. The Labute approximate surface area is 147 Å². The van der Waals surface area contributed by atoms with E-state index in [9.17, 15) is 10.1 Å². The molecule has 2 heterocycles. The third-order valence-corrected chi connectivity index (χ3v) is 3.38. The first-order valence-electron chi connectivity index (χ1n) is 8.29. The number of nitro groups is 1. The molecule has 2 aromatic heterocycles. The van der Waals surface area contributed by atoms with Crippen molar-refractivity contribution in [1.29, 1.82) is 0 Å². The van der Waals surface area contributed by atoms with E-state index in [1.807, 2.05) is 4.90 Å². The molecule has 0 unspecified atom stereocenters. The molecule has 0 saturated heterocycles. The molecule has 0 atom stereocenters. The smallest absolute Gasteiger partial charge is 0.350 e. The normalized spacial score (nSPS) is 11.0. The van der Waals surface area contributed by atoms with E-state index in [-0.39, 0.29) is 11.5 Å². The van der Waals surface area contributed by atoms with E-state index in [0.29, 0.717) is 36.4 Å². The Morgan fingerprint density at radius 3 is 2.40 bits per heavy atom. The quantitative estimate of drug-likeness (QED) is 0.576. The second-order valence-electron chi connectivity index (χ2n) is 6.71. The molecule has 0 saturated carbocycles. The van der Waals surface area contributed by atoms with E-state index in [1.165, 1.54) is 6.33 Å². The molecule has 1 N–H and O–H groups in total. The Kier molecular flexibility index (Phi) is 6.21. The molecule has 0 amide bonds. The van der Waals surface area contributed by atoms with E-state index < -0.39 is 4.92 Å². The second-order valence-corrected chi connectivity index (χ2v) is 6.71. The highest BCUT2D eigenvalue weighted by Gasteiger charge is 2.28. The number of nitrogens with zero attached hydrogens (tertiary/aromatic N) is 5. The number of nitrogens with one attached hydrogen (secondary N) is 1. The fraction of sp³-hybridized carbons (Fsp3) is 0.471. The molecule has 0 radical (unpaired) electrons. The standard InChI is InChI=1S/C17H24N6O2/c1-12(2)9-22(10-13(3)4)17-15(23(24)25)16(19-11-20-17)21-14-6-5-7-18-8-14/h5-8,11-13H,9-10H2,1-4H3,(H,19,20,21). The van der Waals surface area contributed by atoms with Gasteiger partial charge in [0.25, 0.3) is 0 Å². The van der Waals surface area contributed by atoms with E-state index in [4.69, 9.17) is 0 Å². The van der Waals surface area contributed by atoms with Crippen LogP contribution in [-0.2, 0) is 0 Å². The summed E-state index contributed by atoms with van der Waals surface area (Å²) in [6.45, 7) is 9.68. The van der Waals surface area contributed by atoms with E-state index in [2.05, 4.69) is 48.0 Å². The van der Waals surface area contributed by atoms with Gasteiger partial charge in [0.05, 0.1) is 16.8 Å². The number of hydrogen-bond acceptors (Lipinski definition) is 7. The van der Waals surface area contributed by atoms with Crippen molar-refractivity contribution in [2.75, 3.05) is 23.3 Å². The highest BCUT2D eigenvalue weighted by atomic mass is 16.6. The van der Waals surface area contributed by atoms with E-state index >= 15 is 0 Å². The van der Waals surface area contributed by atoms with Gasteiger partial charge in [0.1, 0.15) is 6.33 Å². The average Bonchev–Trinajstić information content (AvgIpc) is 2.54. The van der Waals surface area contributed by atoms with Crippen molar-refractivity contribution < 1.29 is 4.92 Å². The van der Waals surface area contributed by atoms with Crippen LogP contribution in [-0.4, -0.2) is 33.0 Å². The van der Waals surface area contributed by atoms with Crippen LogP contribution in [0.15, 0.2) is 30.9 Å². The first kappa shape index (κ1) is 18.6.